The van der Waals surface area contributed by atoms with Gasteiger partial charge in [-0.1, -0.05) is 5.92 Å². The van der Waals surface area contributed by atoms with Crippen molar-refractivity contribution in [3.8, 4) is 12.3 Å². The van der Waals surface area contributed by atoms with Crippen molar-refractivity contribution in [2.75, 3.05) is 25.6 Å². The number of aromatic nitrogens is 2. The Labute approximate surface area is 83.7 Å². The quantitative estimate of drug-likeness (QED) is 0.696. The third-order valence-electron chi connectivity index (χ3n) is 1.66. The van der Waals surface area contributed by atoms with Gasteiger partial charge in [0.1, 0.15) is 12.1 Å². The minimum absolute atomic E-state index is 0.473. The summed E-state index contributed by atoms with van der Waals surface area (Å²) in [6.07, 6.45) is 7.42. The van der Waals surface area contributed by atoms with E-state index in [4.69, 9.17) is 11.2 Å². The van der Waals surface area contributed by atoms with E-state index in [1.54, 1.807) is 7.11 Å². The molecule has 0 aliphatic rings. The first kappa shape index (κ1) is 10.5. The zero-order valence-electron chi connectivity index (χ0n) is 8.16. The smallest absolute Gasteiger partial charge is 0.130 e. The Balaban J connectivity index is 2.55. The van der Waals surface area contributed by atoms with Crippen molar-refractivity contribution in [3.63, 3.8) is 0 Å². The van der Waals surface area contributed by atoms with Crippen molar-refractivity contribution in [1.82, 2.24) is 9.97 Å². The Morgan fingerprint density at radius 3 is 3.14 bits per heavy atom. The minimum Gasteiger partial charge on any atom is -0.384 e. The summed E-state index contributed by atoms with van der Waals surface area (Å²) < 4.78 is 4.95. The molecule has 0 spiro atoms. The van der Waals surface area contributed by atoms with Crippen LogP contribution in [0.15, 0.2) is 12.4 Å². The summed E-state index contributed by atoms with van der Waals surface area (Å²) in [5.41, 5.74) is 0.946. The molecule has 14 heavy (non-hydrogen) atoms. The maximum Gasteiger partial charge on any atom is 0.130 e. The highest BCUT2D eigenvalue weighted by molar-refractivity contribution is 5.36. The lowest BCUT2D eigenvalue weighted by Gasteiger charge is -2.03. The van der Waals surface area contributed by atoms with Crippen LogP contribution in [0.2, 0.25) is 0 Å². The molecule has 4 nitrogen and oxygen atoms in total. The number of anilines is 1. The molecule has 4 heteroatoms. The summed E-state index contributed by atoms with van der Waals surface area (Å²) in [5, 5.41) is 2.98. The Bertz CT molecular complexity index is 319. The first-order chi connectivity index (χ1) is 6.86. The summed E-state index contributed by atoms with van der Waals surface area (Å²) in [5.74, 6) is 3.24. The second-order valence-electron chi connectivity index (χ2n) is 2.70. The van der Waals surface area contributed by atoms with Crippen LogP contribution >= 0.6 is 0 Å². The molecule has 0 saturated carbocycles. The Morgan fingerprint density at radius 1 is 1.57 bits per heavy atom. The highest BCUT2D eigenvalue weighted by atomic mass is 16.5. The van der Waals surface area contributed by atoms with Crippen molar-refractivity contribution in [2.45, 2.75) is 6.42 Å². The zero-order chi connectivity index (χ0) is 10.2. The lowest BCUT2D eigenvalue weighted by Crippen LogP contribution is -2.04. The molecule has 0 atom stereocenters. The van der Waals surface area contributed by atoms with Gasteiger partial charge in [-0.15, -0.1) is 6.42 Å². The molecule has 1 aromatic heterocycles. The van der Waals surface area contributed by atoms with Gasteiger partial charge in [0.15, 0.2) is 0 Å². The molecule has 1 N–H and O–H groups in total. The average molecular weight is 191 g/mol. The average Bonchev–Trinajstić information content (AvgIpc) is 2.24. The molecule has 0 aliphatic carbocycles. The topological polar surface area (TPSA) is 47.0 Å². The number of rotatable bonds is 5. The molecule has 0 bridgehead atoms. The SMILES string of the molecule is C#CCNc1cc(CCOC)ncn1. The third-order valence-corrected chi connectivity index (χ3v) is 1.66. The van der Waals surface area contributed by atoms with Crippen molar-refractivity contribution in [3.05, 3.63) is 18.1 Å². The first-order valence-corrected chi connectivity index (χ1v) is 4.34. The number of nitrogens with one attached hydrogen (secondary N) is 1. The van der Waals surface area contributed by atoms with Crippen LogP contribution in [0.1, 0.15) is 5.69 Å². The summed E-state index contributed by atoms with van der Waals surface area (Å²) in [6, 6.07) is 1.87. The normalized spacial score (nSPS) is 9.43. The van der Waals surface area contributed by atoms with Crippen molar-refractivity contribution in [2.24, 2.45) is 0 Å². The maximum absolute atomic E-state index is 5.12. The van der Waals surface area contributed by atoms with Gasteiger partial charge in [-0.05, 0) is 0 Å². The number of hydrogen-bond acceptors (Lipinski definition) is 4. The van der Waals surface area contributed by atoms with Gasteiger partial charge in [0.2, 0.25) is 0 Å². The molecule has 0 saturated heterocycles. The van der Waals surface area contributed by atoms with Gasteiger partial charge >= 0.3 is 0 Å². The van der Waals surface area contributed by atoms with Gasteiger partial charge in [-0.25, -0.2) is 9.97 Å². The van der Waals surface area contributed by atoms with Crippen LogP contribution in [-0.2, 0) is 11.2 Å². The van der Waals surface area contributed by atoms with E-state index >= 15 is 0 Å². The van der Waals surface area contributed by atoms with Crippen LogP contribution in [0, 0.1) is 12.3 Å². The standard InChI is InChI=1S/C10H13N3O/c1-3-5-11-10-7-9(4-6-14-2)12-8-13-10/h1,7-8H,4-6H2,2H3,(H,11,12,13). The van der Waals surface area contributed by atoms with Gasteiger partial charge in [-0.3, -0.25) is 0 Å². The number of terminal acetylenes is 1. The van der Waals surface area contributed by atoms with E-state index in [-0.39, 0.29) is 0 Å². The number of ether oxygens (including phenoxy) is 1. The molecule has 0 amide bonds. The molecule has 1 rings (SSSR count). The summed E-state index contributed by atoms with van der Waals surface area (Å²) in [4.78, 5) is 8.13. The minimum atomic E-state index is 0.473. The molecular formula is C10H13N3O. The Hall–Kier alpha value is -1.60. The Kier molecular flexibility index (Phi) is 4.45. The molecular weight excluding hydrogens is 178 g/mol. The van der Waals surface area contributed by atoms with Crippen molar-refractivity contribution >= 4 is 5.82 Å². The van der Waals surface area contributed by atoms with E-state index < -0.39 is 0 Å². The van der Waals surface area contributed by atoms with E-state index in [2.05, 4.69) is 21.2 Å². The summed E-state index contributed by atoms with van der Waals surface area (Å²) in [7, 11) is 1.67. The second-order valence-corrected chi connectivity index (χ2v) is 2.70. The van der Waals surface area contributed by atoms with Gasteiger partial charge < -0.3 is 10.1 Å². The van der Waals surface area contributed by atoms with Crippen LogP contribution in [0.5, 0.6) is 0 Å². The maximum atomic E-state index is 5.12. The van der Waals surface area contributed by atoms with Gasteiger partial charge in [0.05, 0.1) is 13.2 Å². The monoisotopic (exact) mass is 191 g/mol. The predicted octanol–water partition coefficient (Wildman–Crippen LogP) is 0.711. The highest BCUT2D eigenvalue weighted by Gasteiger charge is 1.97. The van der Waals surface area contributed by atoms with Crippen molar-refractivity contribution in [1.29, 1.82) is 0 Å². The van der Waals surface area contributed by atoms with E-state index in [0.29, 0.717) is 13.2 Å². The lowest BCUT2D eigenvalue weighted by molar-refractivity contribution is 0.201. The molecule has 1 heterocycles. The molecule has 0 radical (unpaired) electrons. The lowest BCUT2D eigenvalue weighted by atomic mass is 10.3. The van der Waals surface area contributed by atoms with E-state index in [1.165, 1.54) is 6.33 Å². The first-order valence-electron chi connectivity index (χ1n) is 4.34. The highest BCUT2D eigenvalue weighted by Crippen LogP contribution is 2.03. The molecule has 1 aromatic rings. The zero-order valence-corrected chi connectivity index (χ0v) is 8.16. The fourth-order valence-electron chi connectivity index (χ4n) is 0.979. The van der Waals surface area contributed by atoms with Gasteiger partial charge in [0.25, 0.3) is 0 Å². The number of hydrogen-bond donors (Lipinski definition) is 1. The Morgan fingerprint density at radius 2 is 2.43 bits per heavy atom. The van der Waals surface area contributed by atoms with Crippen LogP contribution in [0.4, 0.5) is 5.82 Å². The van der Waals surface area contributed by atoms with Crippen LogP contribution in [0.25, 0.3) is 0 Å². The molecule has 0 aromatic carbocycles. The van der Waals surface area contributed by atoms with E-state index in [0.717, 1.165) is 17.9 Å². The van der Waals surface area contributed by atoms with Crippen LogP contribution < -0.4 is 5.32 Å². The van der Waals surface area contributed by atoms with E-state index in [1.807, 2.05) is 6.07 Å². The van der Waals surface area contributed by atoms with Crippen molar-refractivity contribution < 1.29 is 4.74 Å². The molecule has 0 unspecified atom stereocenters. The van der Waals surface area contributed by atoms with Gasteiger partial charge in [-0.2, -0.15) is 0 Å². The summed E-state index contributed by atoms with van der Waals surface area (Å²) >= 11 is 0. The molecule has 0 fully saturated rings. The summed E-state index contributed by atoms with van der Waals surface area (Å²) in [6.45, 7) is 1.13. The fourth-order valence-corrected chi connectivity index (χ4v) is 0.979. The van der Waals surface area contributed by atoms with Gasteiger partial charge in [0, 0.05) is 25.3 Å². The second kappa shape index (κ2) is 5.95. The predicted molar refractivity (Wildman–Crippen MR) is 54.9 cm³/mol. The molecule has 74 valence electrons. The van der Waals surface area contributed by atoms with E-state index in [9.17, 15) is 0 Å². The molecule has 0 aliphatic heterocycles. The number of methoxy groups -OCH3 is 1. The number of nitrogens with zero attached hydrogens (tertiary/aromatic N) is 2. The fraction of sp³-hybridized carbons (Fsp3) is 0.400. The van der Waals surface area contributed by atoms with Crippen LogP contribution in [0.3, 0.4) is 0 Å². The van der Waals surface area contributed by atoms with Crippen LogP contribution in [-0.4, -0.2) is 30.2 Å². The largest absolute Gasteiger partial charge is 0.384 e. The third kappa shape index (κ3) is 3.42.